The summed E-state index contributed by atoms with van der Waals surface area (Å²) in [5.41, 5.74) is -3.00. The third-order valence-corrected chi connectivity index (χ3v) is 1.88. The topological polar surface area (TPSA) is 65.3 Å². The first-order valence-electron chi connectivity index (χ1n) is 4.27. The van der Waals surface area contributed by atoms with Crippen molar-refractivity contribution in [3.8, 4) is 5.75 Å². The first kappa shape index (κ1) is 14.1. The van der Waals surface area contributed by atoms with Crippen LogP contribution in [0.5, 0.6) is 5.75 Å². The highest BCUT2D eigenvalue weighted by Gasteiger charge is 2.41. The van der Waals surface area contributed by atoms with Crippen LogP contribution in [0.25, 0.3) is 0 Å². The molecule has 1 heterocycles. The Morgan fingerprint density at radius 2 is 2.00 bits per heavy atom. The molecular weight excluding hydrogens is 267 g/mol. The van der Waals surface area contributed by atoms with Gasteiger partial charge in [0.15, 0.2) is 0 Å². The zero-order valence-corrected chi connectivity index (χ0v) is 8.66. The lowest BCUT2D eigenvalue weighted by atomic mass is 10.2. The predicted molar refractivity (Wildman–Crippen MR) is 47.4 cm³/mol. The predicted octanol–water partition coefficient (Wildman–Crippen LogP) is 2.95. The Hall–Kier alpha value is -2.00. The number of methoxy groups -OCH3 is 1. The second kappa shape index (κ2) is 4.70. The molecule has 0 amide bonds. The molecule has 100 valence electrons. The van der Waals surface area contributed by atoms with Crippen LogP contribution in [0.1, 0.15) is 17.7 Å². The molecule has 0 bridgehead atoms. The van der Waals surface area contributed by atoms with Crippen molar-refractivity contribution < 1.29 is 31.6 Å². The Bertz CT molecular complexity index is 475. The molecule has 0 fully saturated rings. The molecule has 0 aliphatic heterocycles. The maximum Gasteiger partial charge on any atom is 0.420 e. The van der Waals surface area contributed by atoms with Crippen LogP contribution in [-0.4, -0.2) is 17.0 Å². The molecule has 0 spiro atoms. The average molecular weight is 272 g/mol. The summed E-state index contributed by atoms with van der Waals surface area (Å²) in [4.78, 5) is 12.0. The maximum atomic E-state index is 12.5. The van der Waals surface area contributed by atoms with Gasteiger partial charge in [0.2, 0.25) is 11.4 Å². The third-order valence-electron chi connectivity index (χ3n) is 1.88. The zero-order valence-electron chi connectivity index (χ0n) is 8.66. The summed E-state index contributed by atoms with van der Waals surface area (Å²) in [7, 11) is 0.751. The van der Waals surface area contributed by atoms with Gasteiger partial charge in [-0.25, -0.2) is 8.78 Å². The van der Waals surface area contributed by atoms with E-state index in [1.807, 2.05) is 0 Å². The van der Waals surface area contributed by atoms with Gasteiger partial charge in [-0.1, -0.05) is 0 Å². The van der Waals surface area contributed by atoms with E-state index in [0.717, 1.165) is 7.11 Å². The summed E-state index contributed by atoms with van der Waals surface area (Å²) in [5.74, 6) is -2.60. The fraction of sp³-hybridized carbons (Fsp3) is 0.375. The second-order valence-electron chi connectivity index (χ2n) is 3.01. The minimum Gasteiger partial charge on any atom is -0.489 e. The number of nitrogens with zero attached hydrogens (tertiary/aromatic N) is 2. The van der Waals surface area contributed by atoms with E-state index in [4.69, 9.17) is 0 Å². The molecular formula is C8H5F5N2O3. The molecule has 0 aliphatic rings. The molecule has 0 saturated heterocycles. The molecule has 0 aliphatic carbocycles. The molecule has 0 unspecified atom stereocenters. The van der Waals surface area contributed by atoms with Gasteiger partial charge in [0.05, 0.1) is 7.11 Å². The molecule has 0 saturated carbocycles. The number of ether oxygens (including phenoxy) is 1. The molecule has 0 radical (unpaired) electrons. The standard InChI is InChI=1S/C8H5F5N2O3/c1-18-5-3(8(11,12)13)2-4(6(9)10)14-7(5)15(16)17/h2,6H,1H3. The highest BCUT2D eigenvalue weighted by atomic mass is 19.4. The lowest BCUT2D eigenvalue weighted by Crippen LogP contribution is -2.12. The number of rotatable bonds is 3. The summed E-state index contributed by atoms with van der Waals surface area (Å²) in [6.45, 7) is 0. The van der Waals surface area contributed by atoms with E-state index >= 15 is 0 Å². The highest BCUT2D eigenvalue weighted by Crippen LogP contribution is 2.41. The van der Waals surface area contributed by atoms with Gasteiger partial charge >= 0.3 is 18.4 Å². The normalized spacial score (nSPS) is 11.7. The van der Waals surface area contributed by atoms with Gasteiger partial charge in [0.25, 0.3) is 0 Å². The number of halogens is 5. The van der Waals surface area contributed by atoms with Gasteiger partial charge < -0.3 is 14.9 Å². The van der Waals surface area contributed by atoms with Gasteiger partial charge in [-0.3, -0.25) is 0 Å². The van der Waals surface area contributed by atoms with Crippen LogP contribution in [0.15, 0.2) is 6.07 Å². The van der Waals surface area contributed by atoms with Crippen molar-refractivity contribution in [2.45, 2.75) is 12.6 Å². The van der Waals surface area contributed by atoms with E-state index in [-0.39, 0.29) is 6.07 Å². The van der Waals surface area contributed by atoms with Crippen LogP contribution in [0.2, 0.25) is 0 Å². The zero-order chi connectivity index (χ0) is 14.1. The minimum atomic E-state index is -5.07. The molecule has 1 aromatic rings. The number of pyridine rings is 1. The summed E-state index contributed by atoms with van der Waals surface area (Å²) < 4.78 is 66.5. The molecule has 10 heteroatoms. The molecule has 0 N–H and O–H groups in total. The van der Waals surface area contributed by atoms with E-state index in [1.165, 1.54) is 0 Å². The van der Waals surface area contributed by atoms with E-state index < -0.39 is 40.3 Å². The van der Waals surface area contributed by atoms with Crippen LogP contribution in [0, 0.1) is 10.1 Å². The maximum absolute atomic E-state index is 12.5. The molecule has 18 heavy (non-hydrogen) atoms. The van der Waals surface area contributed by atoms with Crippen molar-refractivity contribution in [2.75, 3.05) is 7.11 Å². The van der Waals surface area contributed by atoms with Gasteiger partial charge in [-0.15, -0.1) is 0 Å². The van der Waals surface area contributed by atoms with Crippen molar-refractivity contribution in [2.24, 2.45) is 0 Å². The Kier molecular flexibility index (Phi) is 3.67. The van der Waals surface area contributed by atoms with E-state index in [2.05, 4.69) is 9.72 Å². The van der Waals surface area contributed by atoms with Crippen molar-refractivity contribution in [3.05, 3.63) is 27.4 Å². The quantitative estimate of drug-likeness (QED) is 0.482. The van der Waals surface area contributed by atoms with Crippen molar-refractivity contribution >= 4 is 5.82 Å². The SMILES string of the molecule is COc1c(C(F)(F)F)cc(C(F)F)nc1[N+](=O)[O-]. The number of aromatic nitrogens is 1. The molecule has 1 aromatic heterocycles. The number of hydrogen-bond donors (Lipinski definition) is 0. The Morgan fingerprint density at radius 3 is 2.33 bits per heavy atom. The lowest BCUT2D eigenvalue weighted by Gasteiger charge is -2.11. The first-order chi connectivity index (χ1) is 8.18. The first-order valence-corrected chi connectivity index (χ1v) is 4.27. The number of hydrogen-bond acceptors (Lipinski definition) is 4. The Balaban J connectivity index is 3.62. The van der Waals surface area contributed by atoms with E-state index in [9.17, 15) is 32.1 Å². The summed E-state index contributed by atoms with van der Waals surface area (Å²) >= 11 is 0. The van der Waals surface area contributed by atoms with Gasteiger partial charge in [-0.2, -0.15) is 13.2 Å². The van der Waals surface area contributed by atoms with Crippen molar-refractivity contribution in [1.82, 2.24) is 4.98 Å². The Labute approximate surface area is 96.3 Å². The van der Waals surface area contributed by atoms with Gasteiger partial charge in [-0.05, 0) is 9.91 Å². The smallest absolute Gasteiger partial charge is 0.420 e. The fourth-order valence-electron chi connectivity index (χ4n) is 1.19. The molecule has 1 rings (SSSR count). The van der Waals surface area contributed by atoms with Gasteiger partial charge in [0, 0.05) is 6.07 Å². The van der Waals surface area contributed by atoms with E-state index in [0.29, 0.717) is 0 Å². The van der Waals surface area contributed by atoms with Crippen LogP contribution in [0.4, 0.5) is 27.8 Å². The fourth-order valence-corrected chi connectivity index (χ4v) is 1.19. The average Bonchev–Trinajstić information content (AvgIpc) is 2.25. The second-order valence-corrected chi connectivity index (χ2v) is 3.01. The van der Waals surface area contributed by atoms with Crippen molar-refractivity contribution in [3.63, 3.8) is 0 Å². The number of nitro groups is 1. The summed E-state index contributed by atoms with van der Waals surface area (Å²) in [5, 5.41) is 10.5. The lowest BCUT2D eigenvalue weighted by molar-refractivity contribution is -0.391. The van der Waals surface area contributed by atoms with Crippen LogP contribution in [-0.2, 0) is 6.18 Å². The molecule has 0 atom stereocenters. The van der Waals surface area contributed by atoms with Crippen molar-refractivity contribution in [1.29, 1.82) is 0 Å². The van der Waals surface area contributed by atoms with Crippen LogP contribution < -0.4 is 4.74 Å². The third kappa shape index (κ3) is 2.63. The molecule has 5 nitrogen and oxygen atoms in total. The summed E-state index contributed by atoms with van der Waals surface area (Å²) in [6.07, 6.45) is -8.43. The largest absolute Gasteiger partial charge is 0.489 e. The number of alkyl halides is 5. The van der Waals surface area contributed by atoms with E-state index in [1.54, 1.807) is 0 Å². The molecule has 0 aromatic carbocycles. The minimum absolute atomic E-state index is 0.0243. The van der Waals surface area contributed by atoms with Crippen LogP contribution in [0.3, 0.4) is 0 Å². The van der Waals surface area contributed by atoms with Crippen LogP contribution >= 0.6 is 0 Å². The van der Waals surface area contributed by atoms with Gasteiger partial charge in [0.1, 0.15) is 5.56 Å². The highest BCUT2D eigenvalue weighted by molar-refractivity contribution is 5.49. The Morgan fingerprint density at radius 1 is 1.44 bits per heavy atom. The monoisotopic (exact) mass is 272 g/mol. The summed E-state index contributed by atoms with van der Waals surface area (Å²) in [6, 6.07) is 0.0243.